The van der Waals surface area contributed by atoms with Gasteiger partial charge in [0, 0.05) is 5.38 Å². The van der Waals surface area contributed by atoms with Crippen molar-refractivity contribution in [2.75, 3.05) is 11.9 Å². The second-order valence-corrected chi connectivity index (χ2v) is 4.34. The van der Waals surface area contributed by atoms with Crippen molar-refractivity contribution in [3.63, 3.8) is 0 Å². The molecule has 0 saturated carbocycles. The molecule has 1 aromatic carbocycles. The smallest absolute Gasteiger partial charge is 0.357 e. The first-order chi connectivity index (χ1) is 9.11. The number of rotatable bonds is 4. The number of anilines is 2. The summed E-state index contributed by atoms with van der Waals surface area (Å²) in [5.74, 6) is -2.03. The molecule has 0 saturated heterocycles. The Labute approximate surface area is 112 Å². The van der Waals surface area contributed by atoms with Crippen LogP contribution in [0.2, 0.25) is 0 Å². The van der Waals surface area contributed by atoms with Gasteiger partial charge in [-0.3, -0.25) is 0 Å². The lowest BCUT2D eigenvalue weighted by molar-refractivity contribution is 0.0520. The highest BCUT2D eigenvalue weighted by atomic mass is 32.1. The SMILES string of the molecule is CCOC(=O)c1csc(Nc2c(F)cccc2F)n1. The summed E-state index contributed by atoms with van der Waals surface area (Å²) < 4.78 is 31.6. The van der Waals surface area contributed by atoms with Crippen LogP contribution in [0.5, 0.6) is 0 Å². The minimum absolute atomic E-state index is 0.103. The normalized spacial score (nSPS) is 10.3. The molecule has 7 heteroatoms. The minimum Gasteiger partial charge on any atom is -0.461 e. The summed E-state index contributed by atoms with van der Waals surface area (Å²) in [4.78, 5) is 15.3. The Morgan fingerprint density at radius 1 is 1.42 bits per heavy atom. The van der Waals surface area contributed by atoms with Crippen LogP contribution in [0.15, 0.2) is 23.6 Å². The summed E-state index contributed by atoms with van der Waals surface area (Å²) in [6, 6.07) is 3.53. The molecular formula is C12H10F2N2O2S. The van der Waals surface area contributed by atoms with Gasteiger partial charge < -0.3 is 10.1 Å². The lowest BCUT2D eigenvalue weighted by atomic mass is 10.3. The van der Waals surface area contributed by atoms with Gasteiger partial charge in [0.05, 0.1) is 6.61 Å². The number of nitrogens with one attached hydrogen (secondary N) is 1. The van der Waals surface area contributed by atoms with Crippen molar-refractivity contribution in [2.45, 2.75) is 6.92 Å². The molecule has 0 atom stereocenters. The number of ether oxygens (including phenoxy) is 1. The lowest BCUT2D eigenvalue weighted by Crippen LogP contribution is -2.05. The van der Waals surface area contributed by atoms with Crippen molar-refractivity contribution in [3.05, 3.63) is 40.9 Å². The standard InChI is InChI=1S/C12H10F2N2O2S/c1-2-18-11(17)9-6-19-12(15-9)16-10-7(13)4-3-5-8(10)14/h3-6H,2H2,1H3,(H,15,16). The predicted octanol–water partition coefficient (Wildman–Crippen LogP) is 3.34. The number of carbonyl (C=O) groups is 1. The number of aromatic nitrogens is 1. The highest BCUT2D eigenvalue weighted by molar-refractivity contribution is 7.14. The van der Waals surface area contributed by atoms with Gasteiger partial charge in [0.1, 0.15) is 17.3 Å². The molecule has 0 spiro atoms. The van der Waals surface area contributed by atoms with Crippen molar-refractivity contribution < 1.29 is 18.3 Å². The van der Waals surface area contributed by atoms with Crippen LogP contribution in [0.4, 0.5) is 19.6 Å². The van der Waals surface area contributed by atoms with Crippen LogP contribution in [-0.4, -0.2) is 17.6 Å². The number of nitrogens with zero attached hydrogens (tertiary/aromatic N) is 1. The van der Waals surface area contributed by atoms with E-state index in [-0.39, 0.29) is 23.1 Å². The fourth-order valence-electron chi connectivity index (χ4n) is 1.35. The van der Waals surface area contributed by atoms with E-state index in [1.807, 2.05) is 0 Å². The fraction of sp³-hybridized carbons (Fsp3) is 0.167. The summed E-state index contributed by atoms with van der Waals surface area (Å²) in [6.07, 6.45) is 0. The summed E-state index contributed by atoms with van der Waals surface area (Å²) in [5.41, 5.74) is -0.196. The van der Waals surface area contributed by atoms with Gasteiger partial charge in [-0.15, -0.1) is 11.3 Å². The summed E-state index contributed by atoms with van der Waals surface area (Å²) in [5, 5.41) is 4.18. The number of hydrogen-bond donors (Lipinski definition) is 1. The van der Waals surface area contributed by atoms with Gasteiger partial charge in [0.25, 0.3) is 0 Å². The second-order valence-electron chi connectivity index (χ2n) is 3.48. The van der Waals surface area contributed by atoms with E-state index >= 15 is 0 Å². The van der Waals surface area contributed by atoms with Crippen LogP contribution >= 0.6 is 11.3 Å². The van der Waals surface area contributed by atoms with Crippen LogP contribution in [-0.2, 0) is 4.74 Å². The third-order valence-corrected chi connectivity index (χ3v) is 2.94. The largest absolute Gasteiger partial charge is 0.461 e. The number of halogens is 2. The van der Waals surface area contributed by atoms with Gasteiger partial charge in [0.2, 0.25) is 0 Å². The molecule has 1 aromatic heterocycles. The summed E-state index contributed by atoms with van der Waals surface area (Å²) in [6.45, 7) is 1.92. The van der Waals surface area contributed by atoms with E-state index in [0.717, 1.165) is 23.5 Å². The number of para-hydroxylation sites is 1. The molecule has 1 heterocycles. The van der Waals surface area contributed by atoms with E-state index in [9.17, 15) is 13.6 Å². The fourth-order valence-corrected chi connectivity index (χ4v) is 2.04. The lowest BCUT2D eigenvalue weighted by Gasteiger charge is -2.04. The second kappa shape index (κ2) is 5.75. The zero-order valence-electron chi connectivity index (χ0n) is 9.94. The Bertz CT molecular complexity index is 581. The molecule has 0 unspecified atom stereocenters. The van der Waals surface area contributed by atoms with E-state index in [1.54, 1.807) is 6.92 Å². The van der Waals surface area contributed by atoms with E-state index in [1.165, 1.54) is 11.4 Å². The van der Waals surface area contributed by atoms with Crippen LogP contribution in [0.1, 0.15) is 17.4 Å². The molecule has 0 radical (unpaired) electrons. The molecule has 2 aromatic rings. The average Bonchev–Trinajstić information content (AvgIpc) is 2.83. The molecule has 0 aliphatic rings. The van der Waals surface area contributed by atoms with Gasteiger partial charge in [-0.05, 0) is 19.1 Å². The van der Waals surface area contributed by atoms with Crippen LogP contribution in [0.25, 0.3) is 0 Å². The molecule has 100 valence electrons. The van der Waals surface area contributed by atoms with Gasteiger partial charge in [-0.2, -0.15) is 0 Å². The predicted molar refractivity (Wildman–Crippen MR) is 67.7 cm³/mol. The Morgan fingerprint density at radius 2 is 2.11 bits per heavy atom. The molecule has 2 rings (SSSR count). The monoisotopic (exact) mass is 284 g/mol. The van der Waals surface area contributed by atoms with Crippen molar-refractivity contribution in [1.82, 2.24) is 4.98 Å². The highest BCUT2D eigenvalue weighted by Crippen LogP contribution is 2.25. The Kier molecular flexibility index (Phi) is 4.06. The van der Waals surface area contributed by atoms with Crippen molar-refractivity contribution in [1.29, 1.82) is 0 Å². The number of carbonyl (C=O) groups excluding carboxylic acids is 1. The molecule has 1 N–H and O–H groups in total. The van der Waals surface area contributed by atoms with Crippen molar-refractivity contribution in [3.8, 4) is 0 Å². The number of benzene rings is 1. The van der Waals surface area contributed by atoms with Crippen LogP contribution in [0, 0.1) is 11.6 Å². The van der Waals surface area contributed by atoms with E-state index in [2.05, 4.69) is 10.3 Å². The van der Waals surface area contributed by atoms with E-state index < -0.39 is 17.6 Å². The summed E-state index contributed by atoms with van der Waals surface area (Å²) >= 11 is 1.06. The number of esters is 1. The third kappa shape index (κ3) is 3.05. The third-order valence-electron chi connectivity index (χ3n) is 2.18. The van der Waals surface area contributed by atoms with Crippen LogP contribution in [0.3, 0.4) is 0 Å². The minimum atomic E-state index is -0.729. The first-order valence-corrected chi connectivity index (χ1v) is 6.33. The Hall–Kier alpha value is -2.02. The van der Waals surface area contributed by atoms with Crippen molar-refractivity contribution in [2.24, 2.45) is 0 Å². The Morgan fingerprint density at radius 3 is 2.74 bits per heavy atom. The molecule has 0 amide bonds. The topological polar surface area (TPSA) is 51.2 Å². The number of thiazole rings is 1. The molecular weight excluding hydrogens is 274 g/mol. The van der Waals surface area contributed by atoms with E-state index in [4.69, 9.17) is 4.74 Å². The van der Waals surface area contributed by atoms with Gasteiger partial charge in [-0.1, -0.05) is 6.07 Å². The summed E-state index contributed by atoms with van der Waals surface area (Å²) in [7, 11) is 0. The van der Waals surface area contributed by atoms with Gasteiger partial charge in [-0.25, -0.2) is 18.6 Å². The van der Waals surface area contributed by atoms with Crippen LogP contribution < -0.4 is 5.32 Å². The zero-order valence-corrected chi connectivity index (χ0v) is 10.8. The van der Waals surface area contributed by atoms with E-state index in [0.29, 0.717) is 0 Å². The molecule has 0 bridgehead atoms. The maximum absolute atomic E-state index is 13.4. The van der Waals surface area contributed by atoms with Gasteiger partial charge >= 0.3 is 5.97 Å². The maximum atomic E-state index is 13.4. The molecule has 0 aliphatic heterocycles. The number of hydrogen-bond acceptors (Lipinski definition) is 5. The zero-order chi connectivity index (χ0) is 13.8. The first kappa shape index (κ1) is 13.4. The molecule has 0 aliphatic carbocycles. The highest BCUT2D eigenvalue weighted by Gasteiger charge is 2.14. The molecule has 19 heavy (non-hydrogen) atoms. The van der Waals surface area contributed by atoms with Gasteiger partial charge in [0.15, 0.2) is 10.8 Å². The first-order valence-electron chi connectivity index (χ1n) is 5.45. The maximum Gasteiger partial charge on any atom is 0.357 e. The van der Waals surface area contributed by atoms with Crippen molar-refractivity contribution >= 4 is 28.1 Å². The average molecular weight is 284 g/mol. The molecule has 4 nitrogen and oxygen atoms in total. The Balaban J connectivity index is 2.18. The quantitative estimate of drug-likeness (QED) is 0.875. The molecule has 0 fully saturated rings.